The van der Waals surface area contributed by atoms with Crippen molar-refractivity contribution >= 4 is 23.1 Å². The highest BCUT2D eigenvalue weighted by Gasteiger charge is 2.35. The van der Waals surface area contributed by atoms with Crippen LogP contribution in [0.3, 0.4) is 0 Å². The maximum Gasteiger partial charge on any atom is 0.233 e. The van der Waals surface area contributed by atoms with Crippen LogP contribution in [0.25, 0.3) is 0 Å². The quantitative estimate of drug-likeness (QED) is 0.660. The molecule has 2 heterocycles. The Morgan fingerprint density at radius 3 is 2.52 bits per heavy atom. The lowest BCUT2D eigenvalue weighted by Crippen LogP contribution is -2.43. The molecule has 2 fully saturated rings. The van der Waals surface area contributed by atoms with Crippen molar-refractivity contribution in [1.29, 1.82) is 0 Å². The van der Waals surface area contributed by atoms with E-state index >= 15 is 0 Å². The van der Waals surface area contributed by atoms with Crippen LogP contribution in [0.5, 0.6) is 0 Å². The molecule has 0 aromatic heterocycles. The Kier molecular flexibility index (Phi) is 6.93. The van der Waals surface area contributed by atoms with E-state index in [0.717, 1.165) is 50.3 Å². The molecule has 0 bridgehead atoms. The van der Waals surface area contributed by atoms with E-state index in [0.29, 0.717) is 18.1 Å². The smallest absolute Gasteiger partial charge is 0.233 e. The van der Waals surface area contributed by atoms with Gasteiger partial charge in [-0.3, -0.25) is 9.69 Å². The molecule has 7 nitrogen and oxygen atoms in total. The number of nitrogens with one attached hydrogen (secondary N) is 2. The van der Waals surface area contributed by atoms with Crippen LogP contribution >= 0.6 is 0 Å². The molecule has 2 saturated heterocycles. The number of piperazine rings is 1. The van der Waals surface area contributed by atoms with E-state index in [9.17, 15) is 4.79 Å². The summed E-state index contributed by atoms with van der Waals surface area (Å²) < 4.78 is 0. The van der Waals surface area contributed by atoms with Crippen molar-refractivity contribution in [3.05, 3.63) is 48.4 Å². The van der Waals surface area contributed by atoms with E-state index in [4.69, 9.17) is 5.73 Å². The first kappa shape index (κ1) is 20.9. The number of benzene rings is 1. The van der Waals surface area contributed by atoms with E-state index < -0.39 is 0 Å². The average Bonchev–Trinajstić information content (AvgIpc) is 3.05. The molecule has 1 amide bonds. The molecule has 0 aliphatic carbocycles. The van der Waals surface area contributed by atoms with E-state index in [2.05, 4.69) is 53.1 Å². The van der Waals surface area contributed by atoms with Gasteiger partial charge in [0.15, 0.2) is 0 Å². The van der Waals surface area contributed by atoms with Gasteiger partial charge in [-0.15, -0.1) is 0 Å². The number of nitrogens with zero attached hydrogens (tertiary/aromatic N) is 3. The fourth-order valence-electron chi connectivity index (χ4n) is 3.89. The third-order valence-corrected chi connectivity index (χ3v) is 5.51. The van der Waals surface area contributed by atoms with Crippen LogP contribution < -0.4 is 21.3 Å². The van der Waals surface area contributed by atoms with Crippen LogP contribution in [-0.4, -0.2) is 48.9 Å². The molecule has 7 heteroatoms. The van der Waals surface area contributed by atoms with E-state index in [1.165, 1.54) is 11.9 Å². The van der Waals surface area contributed by atoms with Gasteiger partial charge < -0.3 is 21.3 Å². The minimum Gasteiger partial charge on any atom is -0.404 e. The Labute approximate surface area is 173 Å². The van der Waals surface area contributed by atoms with Crippen LogP contribution in [0.1, 0.15) is 33.1 Å². The summed E-state index contributed by atoms with van der Waals surface area (Å²) in [5.41, 5.74) is 8.64. The highest BCUT2D eigenvalue weighted by Crippen LogP contribution is 2.26. The molecule has 0 unspecified atom stereocenters. The second kappa shape index (κ2) is 9.60. The number of amidine groups is 1. The Morgan fingerprint density at radius 2 is 1.93 bits per heavy atom. The van der Waals surface area contributed by atoms with E-state index in [1.54, 1.807) is 4.90 Å². The molecule has 0 spiro atoms. The van der Waals surface area contributed by atoms with Gasteiger partial charge >= 0.3 is 0 Å². The molecule has 3 rings (SSSR count). The second-order valence-electron chi connectivity index (χ2n) is 7.39. The van der Waals surface area contributed by atoms with Crippen molar-refractivity contribution in [3.63, 3.8) is 0 Å². The number of anilines is 2. The van der Waals surface area contributed by atoms with Crippen LogP contribution in [0.2, 0.25) is 0 Å². The molecular formula is C22H32N6O. The SMILES string of the molecule is C=C(N=C1/C(=C\N)CC(=O)N1C(CC)CC)Nc1ccc(N2CCNCC2)cc1. The number of hydrogen-bond acceptors (Lipinski definition) is 6. The average molecular weight is 397 g/mol. The maximum absolute atomic E-state index is 12.5. The number of likely N-dealkylation sites (tertiary alicyclic amines) is 1. The van der Waals surface area contributed by atoms with Gasteiger partial charge in [-0.1, -0.05) is 20.4 Å². The molecule has 2 aliphatic heterocycles. The lowest BCUT2D eigenvalue weighted by molar-refractivity contribution is -0.127. The van der Waals surface area contributed by atoms with Crippen molar-refractivity contribution in [2.75, 3.05) is 36.4 Å². The first-order chi connectivity index (χ1) is 14.1. The number of amides is 1. The summed E-state index contributed by atoms with van der Waals surface area (Å²) in [6.45, 7) is 12.3. The maximum atomic E-state index is 12.5. The largest absolute Gasteiger partial charge is 0.404 e. The van der Waals surface area contributed by atoms with Gasteiger partial charge in [-0.2, -0.15) is 0 Å². The van der Waals surface area contributed by atoms with E-state index in [1.807, 2.05) is 12.1 Å². The molecule has 1 aromatic rings. The van der Waals surface area contributed by atoms with Crippen LogP contribution in [0.15, 0.2) is 53.4 Å². The van der Waals surface area contributed by atoms with Crippen molar-refractivity contribution in [3.8, 4) is 0 Å². The lowest BCUT2D eigenvalue weighted by Gasteiger charge is -2.29. The predicted octanol–water partition coefficient (Wildman–Crippen LogP) is 2.64. The van der Waals surface area contributed by atoms with Crippen molar-refractivity contribution in [2.45, 2.75) is 39.2 Å². The molecule has 29 heavy (non-hydrogen) atoms. The third kappa shape index (κ3) is 4.79. The standard InChI is InChI=1S/C22H32N6O/c1-4-19(5-2)28-21(29)14-17(15-23)22(28)26-16(3)25-18-6-8-20(9-7-18)27-12-10-24-11-13-27/h6-9,15,19,24-25H,3-5,10-14,23H2,1-2H3/b17-15-,26-22?. The summed E-state index contributed by atoms with van der Waals surface area (Å²) >= 11 is 0. The molecular weight excluding hydrogens is 364 g/mol. The number of carbonyl (C=O) groups is 1. The summed E-state index contributed by atoms with van der Waals surface area (Å²) in [4.78, 5) is 21.3. The molecule has 156 valence electrons. The topological polar surface area (TPSA) is 86.0 Å². The summed E-state index contributed by atoms with van der Waals surface area (Å²) in [5, 5.41) is 6.60. The van der Waals surface area contributed by atoms with Gasteiger partial charge in [0.05, 0.1) is 6.42 Å². The highest BCUT2D eigenvalue weighted by atomic mass is 16.2. The minimum absolute atomic E-state index is 0.0438. The molecule has 0 radical (unpaired) electrons. The highest BCUT2D eigenvalue weighted by molar-refractivity contribution is 6.16. The van der Waals surface area contributed by atoms with Gasteiger partial charge in [0.25, 0.3) is 0 Å². The summed E-state index contributed by atoms with van der Waals surface area (Å²) in [6, 6.07) is 8.38. The van der Waals surface area contributed by atoms with Gasteiger partial charge in [-0.25, -0.2) is 4.99 Å². The molecule has 2 aliphatic rings. The Hall–Kier alpha value is -2.80. The van der Waals surface area contributed by atoms with Crippen molar-refractivity contribution in [2.24, 2.45) is 10.7 Å². The zero-order valence-electron chi connectivity index (χ0n) is 17.4. The monoisotopic (exact) mass is 396 g/mol. The number of hydrogen-bond donors (Lipinski definition) is 3. The van der Waals surface area contributed by atoms with Gasteiger partial charge in [-0.05, 0) is 37.1 Å². The number of rotatable bonds is 7. The zero-order chi connectivity index (χ0) is 20.8. The third-order valence-electron chi connectivity index (χ3n) is 5.51. The van der Waals surface area contributed by atoms with Crippen LogP contribution in [0, 0.1) is 0 Å². The van der Waals surface area contributed by atoms with Crippen molar-refractivity contribution < 1.29 is 4.79 Å². The first-order valence-corrected chi connectivity index (χ1v) is 10.4. The van der Waals surface area contributed by atoms with Crippen LogP contribution in [-0.2, 0) is 4.79 Å². The number of nitrogens with two attached hydrogens (primary N) is 1. The van der Waals surface area contributed by atoms with Gasteiger partial charge in [0.1, 0.15) is 11.7 Å². The van der Waals surface area contributed by atoms with Gasteiger partial charge in [0.2, 0.25) is 5.91 Å². The second-order valence-corrected chi connectivity index (χ2v) is 7.39. The van der Waals surface area contributed by atoms with Crippen LogP contribution in [0.4, 0.5) is 11.4 Å². The molecule has 1 aromatic carbocycles. The van der Waals surface area contributed by atoms with Crippen molar-refractivity contribution in [1.82, 2.24) is 10.2 Å². The number of carbonyl (C=O) groups excluding carboxylic acids is 1. The minimum atomic E-state index is 0.0438. The van der Waals surface area contributed by atoms with Gasteiger partial charge in [0, 0.05) is 55.4 Å². The fourth-order valence-corrected chi connectivity index (χ4v) is 3.89. The molecule has 0 saturated carbocycles. The Morgan fingerprint density at radius 1 is 1.28 bits per heavy atom. The number of aliphatic imine (C=N–C) groups is 1. The first-order valence-electron chi connectivity index (χ1n) is 10.4. The molecule has 4 N–H and O–H groups in total. The summed E-state index contributed by atoms with van der Waals surface area (Å²) in [7, 11) is 0. The zero-order valence-corrected chi connectivity index (χ0v) is 17.4. The Balaban J connectivity index is 1.73. The Bertz CT molecular complexity index is 788. The fraction of sp³-hybridized carbons (Fsp3) is 0.455. The lowest BCUT2D eigenvalue weighted by atomic mass is 10.1. The molecule has 0 atom stereocenters. The van der Waals surface area contributed by atoms with E-state index in [-0.39, 0.29) is 11.9 Å². The summed E-state index contributed by atoms with van der Waals surface area (Å²) in [6.07, 6.45) is 3.51. The predicted molar refractivity (Wildman–Crippen MR) is 120 cm³/mol. The normalized spacial score (nSPS) is 20.2. The summed E-state index contributed by atoms with van der Waals surface area (Å²) in [5.74, 6) is 1.14.